The number of aryl methyl sites for hydroxylation is 3. The second-order valence-electron chi connectivity index (χ2n) is 8.48. The third-order valence-electron chi connectivity index (χ3n) is 5.50. The third kappa shape index (κ3) is 4.68. The number of morpholine rings is 1. The zero-order chi connectivity index (χ0) is 23.0. The first-order chi connectivity index (χ1) is 15.2. The molecule has 0 spiro atoms. The van der Waals surface area contributed by atoms with Gasteiger partial charge in [-0.2, -0.15) is 0 Å². The van der Waals surface area contributed by atoms with Gasteiger partial charge in [0.2, 0.25) is 5.76 Å². The SMILES string of the molecule is Cc1cc(-c2sc(N3C[C@@H](C)O[C@@H](C)C3)nc2CNC(=O)c2onc(C)c2C)cc(C)n1. The van der Waals surface area contributed by atoms with Gasteiger partial charge in [-0.3, -0.25) is 9.78 Å². The summed E-state index contributed by atoms with van der Waals surface area (Å²) in [6.07, 6.45) is 0.273. The lowest BCUT2D eigenvalue weighted by Crippen LogP contribution is -2.45. The van der Waals surface area contributed by atoms with Crippen molar-refractivity contribution < 1.29 is 14.1 Å². The molecule has 1 amide bonds. The van der Waals surface area contributed by atoms with Gasteiger partial charge in [-0.25, -0.2) is 4.98 Å². The van der Waals surface area contributed by atoms with Crippen molar-refractivity contribution in [3.05, 3.63) is 46.2 Å². The first-order valence-corrected chi connectivity index (χ1v) is 11.6. The van der Waals surface area contributed by atoms with Crippen molar-refractivity contribution in [3.8, 4) is 10.4 Å². The lowest BCUT2D eigenvalue weighted by atomic mass is 10.1. The van der Waals surface area contributed by atoms with Crippen LogP contribution in [0.25, 0.3) is 10.4 Å². The second-order valence-corrected chi connectivity index (χ2v) is 9.46. The summed E-state index contributed by atoms with van der Waals surface area (Å²) in [5, 5.41) is 7.77. The highest BCUT2D eigenvalue weighted by atomic mass is 32.1. The van der Waals surface area contributed by atoms with Crippen LogP contribution in [0.5, 0.6) is 0 Å². The molecular formula is C23H29N5O3S. The van der Waals surface area contributed by atoms with E-state index in [0.29, 0.717) is 12.2 Å². The van der Waals surface area contributed by atoms with E-state index >= 15 is 0 Å². The van der Waals surface area contributed by atoms with Crippen LogP contribution in [0.3, 0.4) is 0 Å². The quantitative estimate of drug-likeness (QED) is 0.622. The molecule has 2 atom stereocenters. The Bertz CT molecular complexity index is 1110. The summed E-state index contributed by atoms with van der Waals surface area (Å²) in [5.41, 5.74) is 5.24. The van der Waals surface area contributed by atoms with Gasteiger partial charge in [0.1, 0.15) is 0 Å². The van der Waals surface area contributed by atoms with Crippen LogP contribution in [0.4, 0.5) is 5.13 Å². The molecule has 9 heteroatoms. The highest BCUT2D eigenvalue weighted by Crippen LogP contribution is 2.36. The van der Waals surface area contributed by atoms with Gasteiger partial charge in [-0.05, 0) is 59.2 Å². The Labute approximate surface area is 192 Å². The molecule has 4 rings (SSSR count). The van der Waals surface area contributed by atoms with Gasteiger partial charge in [0.25, 0.3) is 5.91 Å². The normalized spacial score (nSPS) is 18.8. The Morgan fingerprint density at radius 2 is 1.78 bits per heavy atom. The summed E-state index contributed by atoms with van der Waals surface area (Å²) in [6.45, 7) is 13.6. The van der Waals surface area contributed by atoms with Gasteiger partial charge in [0, 0.05) is 30.0 Å². The number of nitrogens with zero attached hydrogens (tertiary/aromatic N) is 4. The molecular weight excluding hydrogens is 426 g/mol. The Morgan fingerprint density at radius 1 is 1.12 bits per heavy atom. The van der Waals surface area contributed by atoms with Crippen molar-refractivity contribution in [2.24, 2.45) is 0 Å². The van der Waals surface area contributed by atoms with Crippen molar-refractivity contribution in [1.82, 2.24) is 20.4 Å². The summed E-state index contributed by atoms with van der Waals surface area (Å²) in [4.78, 5) is 25.4. The van der Waals surface area contributed by atoms with Crippen LogP contribution in [0, 0.1) is 27.7 Å². The molecule has 4 heterocycles. The lowest BCUT2D eigenvalue weighted by Gasteiger charge is -2.35. The first kappa shape index (κ1) is 22.4. The van der Waals surface area contributed by atoms with Crippen LogP contribution >= 0.6 is 11.3 Å². The van der Waals surface area contributed by atoms with E-state index in [1.165, 1.54) is 0 Å². The van der Waals surface area contributed by atoms with E-state index < -0.39 is 0 Å². The lowest BCUT2D eigenvalue weighted by molar-refractivity contribution is -0.00523. The van der Waals surface area contributed by atoms with Gasteiger partial charge < -0.3 is 19.5 Å². The topological polar surface area (TPSA) is 93.4 Å². The van der Waals surface area contributed by atoms with Crippen molar-refractivity contribution in [2.75, 3.05) is 18.0 Å². The molecule has 1 saturated heterocycles. The van der Waals surface area contributed by atoms with Crippen molar-refractivity contribution in [3.63, 3.8) is 0 Å². The summed E-state index contributed by atoms with van der Waals surface area (Å²) < 4.78 is 11.1. The number of hydrogen-bond donors (Lipinski definition) is 1. The molecule has 3 aromatic heterocycles. The molecule has 0 aliphatic carbocycles. The maximum atomic E-state index is 12.7. The fourth-order valence-corrected chi connectivity index (χ4v) is 5.08. The largest absolute Gasteiger partial charge is 0.372 e. The maximum Gasteiger partial charge on any atom is 0.290 e. The van der Waals surface area contributed by atoms with Crippen molar-refractivity contribution >= 4 is 22.4 Å². The van der Waals surface area contributed by atoms with Crippen molar-refractivity contribution in [1.29, 1.82) is 0 Å². The second kappa shape index (κ2) is 8.99. The van der Waals surface area contributed by atoms with E-state index in [9.17, 15) is 4.79 Å². The Morgan fingerprint density at radius 3 is 2.38 bits per heavy atom. The highest BCUT2D eigenvalue weighted by molar-refractivity contribution is 7.19. The van der Waals surface area contributed by atoms with Gasteiger partial charge in [-0.15, -0.1) is 0 Å². The van der Waals surface area contributed by atoms with Crippen LogP contribution in [-0.4, -0.2) is 46.3 Å². The van der Waals surface area contributed by atoms with E-state index in [1.807, 2.05) is 27.7 Å². The number of aromatic nitrogens is 3. The minimum atomic E-state index is -0.292. The predicted molar refractivity (Wildman–Crippen MR) is 124 cm³/mol. The maximum absolute atomic E-state index is 12.7. The number of rotatable bonds is 5. The number of ether oxygens (including phenoxy) is 1. The third-order valence-corrected chi connectivity index (χ3v) is 6.71. The van der Waals surface area contributed by atoms with E-state index in [0.717, 1.165) is 51.3 Å². The van der Waals surface area contributed by atoms with Gasteiger partial charge >= 0.3 is 0 Å². The standard InChI is InChI=1S/C23H29N5O3S/c1-12-7-18(8-13(2)25-12)21-19(9-24-22(29)20-16(5)17(6)27-31-20)26-23(32-21)28-10-14(3)30-15(4)11-28/h7-8,14-15H,9-11H2,1-6H3,(H,24,29)/t14-,15+. The molecule has 1 N–H and O–H groups in total. The van der Waals surface area contributed by atoms with Crippen LogP contribution in [0.1, 0.15) is 52.7 Å². The zero-order valence-corrected chi connectivity index (χ0v) is 20.2. The molecule has 8 nitrogen and oxygen atoms in total. The van der Waals surface area contributed by atoms with E-state index in [2.05, 4.69) is 46.3 Å². The molecule has 32 heavy (non-hydrogen) atoms. The number of amides is 1. The van der Waals surface area contributed by atoms with Crippen LogP contribution < -0.4 is 10.2 Å². The molecule has 0 radical (unpaired) electrons. The molecule has 0 unspecified atom stereocenters. The van der Waals surface area contributed by atoms with Gasteiger partial charge in [0.05, 0.1) is 35.0 Å². The summed E-state index contributed by atoms with van der Waals surface area (Å²) in [7, 11) is 0. The predicted octanol–water partition coefficient (Wildman–Crippen LogP) is 3.97. The monoisotopic (exact) mass is 455 g/mol. The fourth-order valence-electron chi connectivity index (χ4n) is 3.99. The number of carbonyl (C=O) groups excluding carboxylic acids is 1. The van der Waals surface area contributed by atoms with Crippen LogP contribution in [0.2, 0.25) is 0 Å². The summed E-state index contributed by atoms with van der Waals surface area (Å²) >= 11 is 1.64. The zero-order valence-electron chi connectivity index (χ0n) is 19.4. The molecule has 0 aromatic carbocycles. The van der Waals surface area contributed by atoms with E-state index in [-0.39, 0.29) is 23.9 Å². The molecule has 3 aromatic rings. The minimum Gasteiger partial charge on any atom is -0.372 e. The number of hydrogen-bond acceptors (Lipinski definition) is 8. The molecule has 1 aliphatic rings. The number of thiazole rings is 1. The Hall–Kier alpha value is -2.78. The summed E-state index contributed by atoms with van der Waals surface area (Å²) in [6, 6.07) is 4.12. The fraction of sp³-hybridized carbons (Fsp3) is 0.478. The smallest absolute Gasteiger partial charge is 0.290 e. The van der Waals surface area contributed by atoms with Gasteiger partial charge in [-0.1, -0.05) is 16.5 Å². The van der Waals surface area contributed by atoms with Crippen LogP contribution in [-0.2, 0) is 11.3 Å². The Balaban J connectivity index is 1.65. The molecule has 1 fully saturated rings. The number of nitrogens with one attached hydrogen (secondary N) is 1. The average molecular weight is 456 g/mol. The van der Waals surface area contributed by atoms with Crippen LogP contribution in [0.15, 0.2) is 16.7 Å². The first-order valence-electron chi connectivity index (χ1n) is 10.8. The molecule has 1 aliphatic heterocycles. The highest BCUT2D eigenvalue weighted by Gasteiger charge is 2.26. The summed E-state index contributed by atoms with van der Waals surface area (Å²) in [5.74, 6) is -0.0507. The van der Waals surface area contributed by atoms with Crippen molar-refractivity contribution in [2.45, 2.75) is 60.3 Å². The Kier molecular flexibility index (Phi) is 6.30. The molecule has 170 valence electrons. The molecule has 0 saturated carbocycles. The number of anilines is 1. The number of pyridine rings is 1. The van der Waals surface area contributed by atoms with Gasteiger partial charge in [0.15, 0.2) is 5.13 Å². The molecule has 0 bridgehead atoms. The number of carbonyl (C=O) groups is 1. The van der Waals surface area contributed by atoms with E-state index in [1.54, 1.807) is 11.3 Å². The van der Waals surface area contributed by atoms with E-state index in [4.69, 9.17) is 14.2 Å². The average Bonchev–Trinajstić information content (AvgIpc) is 3.29. The minimum absolute atomic E-state index is 0.136.